The third-order valence-corrected chi connectivity index (χ3v) is 5.27. The Morgan fingerprint density at radius 1 is 1.06 bits per heavy atom. The third kappa shape index (κ3) is 5.58. The summed E-state index contributed by atoms with van der Waals surface area (Å²) in [6.07, 6.45) is -0.869. The highest BCUT2D eigenvalue weighted by molar-refractivity contribution is 5.94. The minimum absolute atomic E-state index is 0.0174. The van der Waals surface area contributed by atoms with Crippen LogP contribution in [0.15, 0.2) is 42.5 Å². The molecule has 1 heterocycles. The second-order valence-corrected chi connectivity index (χ2v) is 8.70. The van der Waals surface area contributed by atoms with Gasteiger partial charge in [0.2, 0.25) is 5.79 Å². The van der Waals surface area contributed by atoms with Gasteiger partial charge in [0.05, 0.1) is 5.56 Å². The van der Waals surface area contributed by atoms with Crippen molar-refractivity contribution in [2.45, 2.75) is 44.8 Å². The van der Waals surface area contributed by atoms with E-state index in [0.29, 0.717) is 11.8 Å². The lowest BCUT2D eigenvalue weighted by Gasteiger charge is -2.37. The molecule has 166 valence electrons. The fraction of sp³-hybridized carbons (Fsp3) is 0.391. The van der Waals surface area contributed by atoms with E-state index in [4.69, 9.17) is 4.74 Å². The van der Waals surface area contributed by atoms with Gasteiger partial charge < -0.3 is 14.7 Å². The quantitative estimate of drug-likeness (QED) is 0.703. The van der Waals surface area contributed by atoms with Crippen molar-refractivity contribution in [3.63, 3.8) is 0 Å². The summed E-state index contributed by atoms with van der Waals surface area (Å²) in [6, 6.07) is 10.1. The predicted octanol–water partition coefficient (Wildman–Crippen LogP) is 4.44. The summed E-state index contributed by atoms with van der Waals surface area (Å²) in [4.78, 5) is 26.0. The van der Waals surface area contributed by atoms with Crippen LogP contribution >= 0.6 is 0 Å². The molecule has 0 radical (unpaired) electrons. The van der Waals surface area contributed by atoms with Gasteiger partial charge in [-0.05, 0) is 35.2 Å². The van der Waals surface area contributed by atoms with Crippen LogP contribution in [-0.4, -0.2) is 40.9 Å². The molecule has 0 unspecified atom stereocenters. The van der Waals surface area contributed by atoms with Crippen molar-refractivity contribution in [1.82, 2.24) is 4.90 Å². The summed E-state index contributed by atoms with van der Waals surface area (Å²) in [5.74, 6) is -4.07. The van der Waals surface area contributed by atoms with E-state index in [9.17, 15) is 23.5 Å². The van der Waals surface area contributed by atoms with Crippen LogP contribution < -0.4 is 5.32 Å². The molecule has 1 aliphatic rings. The minimum atomic E-state index is -1.74. The van der Waals surface area contributed by atoms with Crippen LogP contribution in [0.2, 0.25) is 0 Å². The van der Waals surface area contributed by atoms with Crippen molar-refractivity contribution in [3.05, 3.63) is 65.2 Å². The van der Waals surface area contributed by atoms with E-state index in [1.807, 2.05) is 12.1 Å². The van der Waals surface area contributed by atoms with Crippen LogP contribution in [0.1, 0.15) is 49.5 Å². The van der Waals surface area contributed by atoms with E-state index in [1.54, 1.807) is 12.1 Å². The number of carbonyl (C=O) groups excluding carboxylic acids is 2. The number of amides is 2. The van der Waals surface area contributed by atoms with E-state index in [-0.39, 0.29) is 36.9 Å². The number of halogens is 2. The van der Waals surface area contributed by atoms with E-state index < -0.39 is 29.4 Å². The SMILES string of the molecule is CC(C)(C)c1ccc(NC(=O)OC2(O)CCN(C(=O)c3ccc(F)cc3F)CC2)cc1. The molecule has 0 atom stereocenters. The number of hydrogen-bond donors (Lipinski definition) is 2. The first-order valence-corrected chi connectivity index (χ1v) is 10.0. The Hall–Kier alpha value is -3.00. The summed E-state index contributed by atoms with van der Waals surface area (Å²) in [6.45, 7) is 6.36. The number of piperidine rings is 1. The van der Waals surface area contributed by atoms with Gasteiger partial charge >= 0.3 is 6.09 Å². The number of aliphatic hydroxyl groups is 1. The van der Waals surface area contributed by atoms with Crippen LogP contribution in [0.3, 0.4) is 0 Å². The molecule has 1 fully saturated rings. The zero-order valence-corrected chi connectivity index (χ0v) is 17.7. The highest BCUT2D eigenvalue weighted by atomic mass is 19.1. The van der Waals surface area contributed by atoms with Crippen LogP contribution in [0.5, 0.6) is 0 Å². The highest BCUT2D eigenvalue weighted by Gasteiger charge is 2.38. The molecule has 2 amide bonds. The van der Waals surface area contributed by atoms with Crippen molar-refractivity contribution in [2.24, 2.45) is 0 Å². The summed E-state index contributed by atoms with van der Waals surface area (Å²) >= 11 is 0. The number of hydrogen-bond acceptors (Lipinski definition) is 4. The Bertz CT molecular complexity index is 963. The molecular weight excluding hydrogens is 406 g/mol. The number of rotatable bonds is 3. The Kier molecular flexibility index (Phi) is 6.31. The molecule has 2 N–H and O–H groups in total. The van der Waals surface area contributed by atoms with Crippen LogP contribution in [0, 0.1) is 11.6 Å². The second-order valence-electron chi connectivity index (χ2n) is 8.70. The molecule has 1 aliphatic heterocycles. The average molecular weight is 432 g/mol. The van der Waals surface area contributed by atoms with Crippen molar-refractivity contribution in [2.75, 3.05) is 18.4 Å². The average Bonchev–Trinajstić information content (AvgIpc) is 2.67. The third-order valence-electron chi connectivity index (χ3n) is 5.27. The Balaban J connectivity index is 1.55. The lowest BCUT2D eigenvalue weighted by molar-refractivity contribution is -0.182. The van der Waals surface area contributed by atoms with Gasteiger partial charge in [-0.1, -0.05) is 32.9 Å². The van der Waals surface area contributed by atoms with Crippen LogP contribution in [0.25, 0.3) is 0 Å². The maximum absolute atomic E-state index is 13.9. The van der Waals surface area contributed by atoms with Gasteiger partial charge in [-0.2, -0.15) is 0 Å². The molecule has 31 heavy (non-hydrogen) atoms. The Morgan fingerprint density at radius 3 is 2.23 bits per heavy atom. The standard InChI is InChI=1S/C23H26F2N2O4/c1-22(2,3)15-4-7-17(8-5-15)26-21(29)31-23(30)10-12-27(13-11-23)20(28)18-9-6-16(24)14-19(18)25/h4-9,14,30H,10-13H2,1-3H3,(H,26,29). The fourth-order valence-corrected chi connectivity index (χ4v) is 3.36. The first-order chi connectivity index (χ1) is 14.5. The van der Waals surface area contributed by atoms with Crippen LogP contribution in [0.4, 0.5) is 19.3 Å². The summed E-state index contributed by atoms with van der Waals surface area (Å²) in [5, 5.41) is 13.2. The molecule has 3 rings (SSSR count). The Morgan fingerprint density at radius 2 is 1.68 bits per heavy atom. The van der Waals surface area contributed by atoms with Gasteiger partial charge in [-0.25, -0.2) is 13.6 Å². The zero-order chi connectivity index (χ0) is 22.8. The van der Waals surface area contributed by atoms with Gasteiger partial charge in [-0.3, -0.25) is 10.1 Å². The number of benzene rings is 2. The number of nitrogens with one attached hydrogen (secondary N) is 1. The molecule has 0 aromatic heterocycles. The first-order valence-electron chi connectivity index (χ1n) is 10.0. The molecule has 1 saturated heterocycles. The zero-order valence-electron chi connectivity index (χ0n) is 17.7. The smallest absolute Gasteiger partial charge is 0.414 e. The van der Waals surface area contributed by atoms with Crippen LogP contribution in [-0.2, 0) is 10.2 Å². The molecular formula is C23H26F2N2O4. The number of anilines is 1. The summed E-state index contributed by atoms with van der Waals surface area (Å²) in [5.41, 5.74) is 1.38. The molecule has 6 nitrogen and oxygen atoms in total. The normalized spacial score (nSPS) is 16.0. The van der Waals surface area contributed by atoms with Crippen molar-refractivity contribution in [3.8, 4) is 0 Å². The van der Waals surface area contributed by atoms with E-state index >= 15 is 0 Å². The monoisotopic (exact) mass is 432 g/mol. The van der Waals surface area contributed by atoms with Gasteiger partial charge in [-0.15, -0.1) is 0 Å². The molecule has 0 aliphatic carbocycles. The first kappa shape index (κ1) is 22.7. The number of carbonyl (C=O) groups is 2. The van der Waals surface area contributed by atoms with Gasteiger partial charge in [0.1, 0.15) is 11.6 Å². The van der Waals surface area contributed by atoms with Crippen molar-refractivity contribution < 1.29 is 28.2 Å². The molecule has 8 heteroatoms. The second kappa shape index (κ2) is 8.63. The summed E-state index contributed by atoms with van der Waals surface area (Å²) < 4.78 is 32.1. The van der Waals surface area contributed by atoms with Gasteiger partial charge in [0, 0.05) is 37.7 Å². The number of ether oxygens (including phenoxy) is 1. The number of likely N-dealkylation sites (tertiary alicyclic amines) is 1. The predicted molar refractivity (Wildman–Crippen MR) is 112 cm³/mol. The molecule has 0 spiro atoms. The molecule has 0 bridgehead atoms. The molecule has 2 aromatic carbocycles. The van der Waals surface area contributed by atoms with Crippen molar-refractivity contribution in [1.29, 1.82) is 0 Å². The molecule has 0 saturated carbocycles. The summed E-state index contributed by atoms with van der Waals surface area (Å²) in [7, 11) is 0. The molecule has 2 aromatic rings. The maximum Gasteiger partial charge on any atom is 0.414 e. The van der Waals surface area contributed by atoms with E-state index in [1.165, 1.54) is 4.90 Å². The van der Waals surface area contributed by atoms with E-state index in [0.717, 1.165) is 17.7 Å². The lowest BCUT2D eigenvalue weighted by atomic mass is 9.87. The van der Waals surface area contributed by atoms with E-state index in [2.05, 4.69) is 26.1 Å². The van der Waals surface area contributed by atoms with Gasteiger partial charge in [0.15, 0.2) is 0 Å². The minimum Gasteiger partial charge on any atom is -0.417 e. The largest absolute Gasteiger partial charge is 0.417 e. The van der Waals surface area contributed by atoms with Crippen molar-refractivity contribution >= 4 is 17.7 Å². The Labute approximate surface area is 179 Å². The lowest BCUT2D eigenvalue weighted by Crippen LogP contribution is -2.49. The maximum atomic E-state index is 13.9. The fourth-order valence-electron chi connectivity index (χ4n) is 3.36. The highest BCUT2D eigenvalue weighted by Crippen LogP contribution is 2.27. The number of nitrogens with zero attached hydrogens (tertiary/aromatic N) is 1. The topological polar surface area (TPSA) is 78.9 Å². The van der Waals surface area contributed by atoms with Gasteiger partial charge in [0.25, 0.3) is 5.91 Å².